The van der Waals surface area contributed by atoms with Crippen molar-refractivity contribution in [3.63, 3.8) is 0 Å². The van der Waals surface area contributed by atoms with Gasteiger partial charge in [0.15, 0.2) is 10.8 Å². The van der Waals surface area contributed by atoms with Gasteiger partial charge in [-0.15, -0.1) is 21.5 Å². The lowest BCUT2D eigenvalue weighted by Gasteiger charge is -2.07. The number of ether oxygens (including phenoxy) is 2. The second kappa shape index (κ2) is 8.40. The molecular weight excluding hydrogens is 388 g/mol. The summed E-state index contributed by atoms with van der Waals surface area (Å²) in [6, 6.07) is 5.58. The number of anilines is 1. The highest BCUT2D eigenvalue weighted by atomic mass is 32.2. The molecule has 142 valence electrons. The fourth-order valence-corrected chi connectivity index (χ4v) is 4.48. The fraction of sp³-hybridized carbons (Fsp3) is 0.294. The number of pyridine rings is 1. The highest BCUT2D eigenvalue weighted by Crippen LogP contribution is 2.36. The zero-order valence-electron chi connectivity index (χ0n) is 14.8. The van der Waals surface area contributed by atoms with Crippen molar-refractivity contribution in [1.29, 1.82) is 0 Å². The van der Waals surface area contributed by atoms with Gasteiger partial charge >= 0.3 is 11.9 Å². The maximum Gasteiger partial charge on any atom is 0.348 e. The van der Waals surface area contributed by atoms with Gasteiger partial charge in [0.25, 0.3) is 0 Å². The molecule has 0 bridgehead atoms. The van der Waals surface area contributed by atoms with E-state index < -0.39 is 11.9 Å². The number of thiophene rings is 1. The highest BCUT2D eigenvalue weighted by molar-refractivity contribution is 7.98. The molecule has 0 fully saturated rings. The minimum atomic E-state index is -0.552. The van der Waals surface area contributed by atoms with Gasteiger partial charge in [-0.3, -0.25) is 4.40 Å². The van der Waals surface area contributed by atoms with E-state index in [1.807, 2.05) is 28.8 Å². The van der Waals surface area contributed by atoms with Crippen LogP contribution in [0.5, 0.6) is 0 Å². The van der Waals surface area contributed by atoms with Crippen molar-refractivity contribution in [3.05, 3.63) is 40.4 Å². The Bertz CT molecular complexity index is 983. The molecule has 0 saturated heterocycles. The maximum absolute atomic E-state index is 12.4. The molecule has 10 heteroatoms. The topological polar surface area (TPSA) is 109 Å². The predicted octanol–water partition coefficient (Wildman–Crippen LogP) is 3.02. The minimum absolute atomic E-state index is 0.213. The van der Waals surface area contributed by atoms with Gasteiger partial charge in [0.2, 0.25) is 0 Å². The first-order valence-corrected chi connectivity index (χ1v) is 10.0. The number of nitrogen functional groups attached to an aromatic ring is 1. The van der Waals surface area contributed by atoms with Crippen molar-refractivity contribution in [2.75, 3.05) is 18.9 Å². The number of hydrogen-bond acceptors (Lipinski definition) is 9. The number of rotatable bonds is 7. The third kappa shape index (κ3) is 3.91. The third-order valence-corrected chi connectivity index (χ3v) is 5.61. The SMILES string of the molecule is CCOC(=O)c1sc(N)c(C(=O)OCC)c1CSc1nnc2ccccn12. The van der Waals surface area contributed by atoms with Crippen LogP contribution < -0.4 is 5.73 Å². The van der Waals surface area contributed by atoms with Gasteiger partial charge in [-0.2, -0.15) is 0 Å². The monoisotopic (exact) mass is 406 g/mol. The number of esters is 2. The van der Waals surface area contributed by atoms with Gasteiger partial charge in [0.1, 0.15) is 9.88 Å². The maximum atomic E-state index is 12.4. The van der Waals surface area contributed by atoms with E-state index in [0.717, 1.165) is 11.3 Å². The summed E-state index contributed by atoms with van der Waals surface area (Å²) in [6.07, 6.45) is 1.85. The largest absolute Gasteiger partial charge is 0.462 e. The standard InChI is InChI=1S/C17H18N4O4S2/c1-3-24-15(22)12-10(13(27-14(12)18)16(23)25-4-2)9-26-17-20-19-11-7-5-6-8-21(11)17/h5-8H,3-4,9,18H2,1-2H3. The fourth-order valence-electron chi connectivity index (χ4n) is 2.47. The molecule has 3 heterocycles. The summed E-state index contributed by atoms with van der Waals surface area (Å²) in [5, 5.41) is 9.12. The Balaban J connectivity index is 1.96. The minimum Gasteiger partial charge on any atom is -0.462 e. The van der Waals surface area contributed by atoms with Crippen molar-refractivity contribution in [2.45, 2.75) is 24.8 Å². The van der Waals surface area contributed by atoms with Crippen LogP contribution in [0.3, 0.4) is 0 Å². The quantitative estimate of drug-likeness (QED) is 0.471. The highest BCUT2D eigenvalue weighted by Gasteiger charge is 2.28. The number of carbonyl (C=O) groups is 2. The molecule has 0 spiro atoms. The smallest absolute Gasteiger partial charge is 0.348 e. The molecule has 0 aliphatic carbocycles. The number of aromatic nitrogens is 3. The van der Waals surface area contributed by atoms with Crippen molar-refractivity contribution in [2.24, 2.45) is 0 Å². The van der Waals surface area contributed by atoms with Crippen molar-refractivity contribution < 1.29 is 19.1 Å². The van der Waals surface area contributed by atoms with E-state index in [4.69, 9.17) is 15.2 Å². The van der Waals surface area contributed by atoms with Gasteiger partial charge in [-0.1, -0.05) is 17.8 Å². The van der Waals surface area contributed by atoms with Gasteiger partial charge in [0.05, 0.1) is 18.8 Å². The molecule has 3 aromatic rings. The Labute approximate surface area is 163 Å². The molecule has 27 heavy (non-hydrogen) atoms. The first-order chi connectivity index (χ1) is 13.1. The Morgan fingerprint density at radius 2 is 1.93 bits per heavy atom. The van der Waals surface area contributed by atoms with Gasteiger partial charge in [0, 0.05) is 17.5 Å². The van der Waals surface area contributed by atoms with E-state index in [1.165, 1.54) is 11.8 Å². The van der Waals surface area contributed by atoms with Crippen LogP contribution in [-0.4, -0.2) is 39.8 Å². The summed E-state index contributed by atoms with van der Waals surface area (Å²) in [5.41, 5.74) is 7.43. The third-order valence-electron chi connectivity index (χ3n) is 3.60. The predicted molar refractivity (Wildman–Crippen MR) is 103 cm³/mol. The first-order valence-electron chi connectivity index (χ1n) is 8.24. The van der Waals surface area contributed by atoms with Gasteiger partial charge in [-0.05, 0) is 26.0 Å². The van der Waals surface area contributed by atoms with Crippen LogP contribution in [0.25, 0.3) is 5.65 Å². The molecule has 3 rings (SSSR count). The zero-order chi connectivity index (χ0) is 19.4. The second-order valence-corrected chi connectivity index (χ2v) is 7.28. The molecule has 0 unspecified atom stereocenters. The molecule has 0 radical (unpaired) electrons. The Morgan fingerprint density at radius 3 is 2.67 bits per heavy atom. The number of carbonyl (C=O) groups excluding carboxylic acids is 2. The van der Waals surface area contributed by atoms with E-state index in [0.29, 0.717) is 27.0 Å². The normalized spacial score (nSPS) is 10.9. The van der Waals surface area contributed by atoms with E-state index in [2.05, 4.69) is 10.2 Å². The second-order valence-electron chi connectivity index (χ2n) is 5.29. The number of nitrogens with two attached hydrogens (primary N) is 1. The molecule has 0 saturated carbocycles. The van der Waals surface area contributed by atoms with E-state index in [9.17, 15) is 9.59 Å². The summed E-state index contributed by atoms with van der Waals surface area (Å²) in [6.45, 7) is 3.87. The van der Waals surface area contributed by atoms with Crippen LogP contribution in [0.2, 0.25) is 0 Å². The molecule has 0 aliphatic rings. The summed E-state index contributed by atoms with van der Waals surface area (Å²) in [7, 11) is 0. The van der Waals surface area contributed by atoms with Crippen LogP contribution in [-0.2, 0) is 15.2 Å². The number of fused-ring (bicyclic) bond motifs is 1. The van der Waals surface area contributed by atoms with Crippen molar-refractivity contribution in [1.82, 2.24) is 14.6 Å². The van der Waals surface area contributed by atoms with Crippen LogP contribution in [0.4, 0.5) is 5.00 Å². The summed E-state index contributed by atoms with van der Waals surface area (Å²) in [4.78, 5) is 25.0. The van der Waals surface area contributed by atoms with Crippen LogP contribution in [0, 0.1) is 0 Å². The Kier molecular flexibility index (Phi) is 5.97. The lowest BCUT2D eigenvalue weighted by Crippen LogP contribution is -2.11. The number of nitrogens with zero attached hydrogens (tertiary/aromatic N) is 3. The summed E-state index contributed by atoms with van der Waals surface area (Å²) >= 11 is 2.38. The molecule has 8 nitrogen and oxygen atoms in total. The Morgan fingerprint density at radius 1 is 1.19 bits per heavy atom. The average Bonchev–Trinajstić information content (AvgIpc) is 3.21. The lowest BCUT2D eigenvalue weighted by molar-refractivity contribution is 0.0527. The van der Waals surface area contributed by atoms with Crippen LogP contribution in [0.15, 0.2) is 29.6 Å². The number of thioether (sulfide) groups is 1. The van der Waals surface area contributed by atoms with Crippen LogP contribution >= 0.6 is 23.1 Å². The Hall–Kier alpha value is -2.59. The van der Waals surface area contributed by atoms with Gasteiger partial charge < -0.3 is 15.2 Å². The van der Waals surface area contributed by atoms with Gasteiger partial charge in [-0.25, -0.2) is 9.59 Å². The molecule has 0 aliphatic heterocycles. The summed E-state index contributed by atoms with van der Waals surface area (Å²) < 4.78 is 12.0. The summed E-state index contributed by atoms with van der Waals surface area (Å²) in [5.74, 6) is -0.763. The van der Waals surface area contributed by atoms with E-state index >= 15 is 0 Å². The molecule has 0 amide bonds. The first kappa shape index (κ1) is 19.2. The molecule has 3 aromatic heterocycles. The molecule has 0 atom stereocenters. The average molecular weight is 406 g/mol. The lowest BCUT2D eigenvalue weighted by atomic mass is 10.1. The van der Waals surface area contributed by atoms with E-state index in [1.54, 1.807) is 13.8 Å². The van der Waals surface area contributed by atoms with Crippen molar-refractivity contribution >= 4 is 45.7 Å². The van der Waals surface area contributed by atoms with Crippen molar-refractivity contribution in [3.8, 4) is 0 Å². The molecule has 0 aromatic carbocycles. The van der Waals surface area contributed by atoms with Crippen LogP contribution in [0.1, 0.15) is 39.4 Å². The number of hydrogen-bond donors (Lipinski definition) is 1. The zero-order valence-corrected chi connectivity index (χ0v) is 16.4. The van der Waals surface area contributed by atoms with E-state index in [-0.39, 0.29) is 23.8 Å². The molecule has 2 N–H and O–H groups in total. The molecular formula is C17H18N4O4S2.